The van der Waals surface area contributed by atoms with Gasteiger partial charge in [0.25, 0.3) is 0 Å². The molecule has 4 aliphatic rings. The molecule has 4 rings (SSSR count). The fourth-order valence-electron chi connectivity index (χ4n) is 6.28. The van der Waals surface area contributed by atoms with Crippen molar-refractivity contribution in [3.05, 3.63) is 35.6 Å². The number of carbonyl (C=O) groups excluding carboxylic acids is 2. The van der Waals surface area contributed by atoms with Crippen LogP contribution in [0.1, 0.15) is 39.5 Å². The van der Waals surface area contributed by atoms with E-state index in [0.29, 0.717) is 18.6 Å². The van der Waals surface area contributed by atoms with E-state index >= 15 is 0 Å². The molecular weight excluding hydrogens is 319 g/mol. The normalized spacial score (nSPS) is 46.0. The summed E-state index contributed by atoms with van der Waals surface area (Å²) in [4.78, 5) is 24.7. The largest absolute Gasteiger partial charge is 0.492 e. The van der Waals surface area contributed by atoms with Crippen molar-refractivity contribution < 1.29 is 18.7 Å². The second kappa shape index (κ2) is 5.15. The lowest BCUT2D eigenvalue weighted by atomic mass is 9.47. The molecule has 0 aromatic carbocycles. The molecule has 3 saturated carbocycles. The third-order valence-electron chi connectivity index (χ3n) is 7.52. The minimum Gasteiger partial charge on any atom is -0.492 e. The van der Waals surface area contributed by atoms with Gasteiger partial charge in [-0.25, -0.2) is 4.39 Å². The van der Waals surface area contributed by atoms with Crippen LogP contribution in [0.2, 0.25) is 0 Å². The predicted octanol–water partition coefficient (Wildman–Crippen LogP) is 3.95. The number of halogens is 1. The second-order valence-corrected chi connectivity index (χ2v) is 8.60. The third kappa shape index (κ3) is 1.97. The highest BCUT2D eigenvalue weighted by atomic mass is 19.1. The van der Waals surface area contributed by atoms with Gasteiger partial charge in [0.05, 0.1) is 7.11 Å². The highest BCUT2D eigenvalue weighted by Crippen LogP contribution is 2.65. The summed E-state index contributed by atoms with van der Waals surface area (Å²) in [7, 11) is 1.53. The summed E-state index contributed by atoms with van der Waals surface area (Å²) < 4.78 is 19.7. The summed E-state index contributed by atoms with van der Waals surface area (Å²) in [5.74, 6) is 0.628. The summed E-state index contributed by atoms with van der Waals surface area (Å²) in [5.41, 5.74) is 0.931. The van der Waals surface area contributed by atoms with Crippen molar-refractivity contribution in [2.45, 2.75) is 45.7 Å². The van der Waals surface area contributed by atoms with Crippen molar-refractivity contribution in [3.8, 4) is 0 Å². The van der Waals surface area contributed by atoms with Gasteiger partial charge in [0.2, 0.25) is 5.78 Å². The standard InChI is InChI=1S/C21H25FO3/c1-11-9-12-13(5-7-21(3)14(12)10-15(22)19(21)24)20(2)8-6-16(23)18(25-4)17(11)20/h6,8,12-15H,1,5,7,9-10H2,2-4H3/t12-,13+,14+,15+,20-,21+/m1/s1. The van der Waals surface area contributed by atoms with E-state index in [1.165, 1.54) is 7.11 Å². The maximum absolute atomic E-state index is 14.3. The molecule has 0 N–H and O–H groups in total. The SMILES string of the molecule is C=C1C[C@@H]2[C@H](CC[C@]3(C)C(=O)[C@@H](F)C[C@@H]23)[C@@]2(C)C=CC(=O)C(OC)=C12. The van der Waals surface area contributed by atoms with Crippen molar-refractivity contribution in [3.63, 3.8) is 0 Å². The topological polar surface area (TPSA) is 43.4 Å². The van der Waals surface area contributed by atoms with Gasteiger partial charge in [-0.05, 0) is 55.1 Å². The molecule has 0 saturated heterocycles. The Hall–Kier alpha value is -1.71. The Labute approximate surface area is 148 Å². The molecule has 3 nitrogen and oxygen atoms in total. The van der Waals surface area contributed by atoms with E-state index in [-0.39, 0.29) is 34.7 Å². The lowest BCUT2D eigenvalue weighted by Gasteiger charge is -2.56. The van der Waals surface area contributed by atoms with Crippen LogP contribution >= 0.6 is 0 Å². The van der Waals surface area contributed by atoms with Gasteiger partial charge in [-0.15, -0.1) is 0 Å². The molecule has 0 unspecified atom stereocenters. The number of methoxy groups -OCH3 is 1. The van der Waals surface area contributed by atoms with Gasteiger partial charge in [-0.2, -0.15) is 0 Å². The first-order valence-corrected chi connectivity index (χ1v) is 9.13. The number of allylic oxidation sites excluding steroid dienone is 4. The first kappa shape index (κ1) is 16.7. The first-order chi connectivity index (χ1) is 11.7. The smallest absolute Gasteiger partial charge is 0.220 e. The molecule has 6 atom stereocenters. The molecule has 0 bridgehead atoms. The van der Waals surface area contributed by atoms with Gasteiger partial charge in [0.1, 0.15) is 0 Å². The van der Waals surface area contributed by atoms with Crippen molar-refractivity contribution in [1.29, 1.82) is 0 Å². The fourth-order valence-corrected chi connectivity index (χ4v) is 6.28. The van der Waals surface area contributed by atoms with Gasteiger partial charge in [0.15, 0.2) is 17.7 Å². The van der Waals surface area contributed by atoms with E-state index in [2.05, 4.69) is 13.5 Å². The maximum Gasteiger partial charge on any atom is 0.220 e. The number of alkyl halides is 1. The number of rotatable bonds is 1. The molecule has 0 amide bonds. The van der Waals surface area contributed by atoms with Gasteiger partial charge in [0, 0.05) is 16.4 Å². The highest BCUT2D eigenvalue weighted by Gasteiger charge is 2.62. The maximum atomic E-state index is 14.3. The van der Waals surface area contributed by atoms with Crippen molar-refractivity contribution in [1.82, 2.24) is 0 Å². The average Bonchev–Trinajstić information content (AvgIpc) is 2.80. The van der Waals surface area contributed by atoms with Gasteiger partial charge in [-0.3, -0.25) is 9.59 Å². The van der Waals surface area contributed by atoms with E-state index < -0.39 is 11.6 Å². The highest BCUT2D eigenvalue weighted by molar-refractivity contribution is 6.05. The van der Waals surface area contributed by atoms with Crippen LogP contribution in [0.3, 0.4) is 0 Å². The number of ether oxygens (including phenoxy) is 1. The molecule has 134 valence electrons. The van der Waals surface area contributed by atoms with Crippen LogP contribution in [-0.2, 0) is 14.3 Å². The summed E-state index contributed by atoms with van der Waals surface area (Å²) in [6, 6.07) is 0. The third-order valence-corrected chi connectivity index (χ3v) is 7.52. The van der Waals surface area contributed by atoms with Crippen LogP contribution in [0.25, 0.3) is 0 Å². The molecule has 0 spiro atoms. The van der Waals surface area contributed by atoms with Crippen LogP contribution in [0, 0.1) is 28.6 Å². The number of Topliss-reactive ketones (excluding diaryl/α,β-unsaturated/α-hetero) is 1. The zero-order chi connectivity index (χ0) is 18.1. The lowest BCUT2D eigenvalue weighted by Crippen LogP contribution is -2.50. The number of carbonyl (C=O) groups is 2. The summed E-state index contributed by atoms with van der Waals surface area (Å²) in [6.45, 7) is 8.33. The van der Waals surface area contributed by atoms with E-state index in [1.54, 1.807) is 6.08 Å². The minimum atomic E-state index is -1.33. The zero-order valence-corrected chi connectivity index (χ0v) is 15.1. The quantitative estimate of drug-likeness (QED) is 0.723. The van der Waals surface area contributed by atoms with E-state index in [0.717, 1.165) is 24.0 Å². The average molecular weight is 344 g/mol. The van der Waals surface area contributed by atoms with Crippen molar-refractivity contribution in [2.75, 3.05) is 7.11 Å². The molecule has 4 aliphatic carbocycles. The van der Waals surface area contributed by atoms with Crippen LogP contribution in [0.15, 0.2) is 35.6 Å². The molecule has 0 aliphatic heterocycles. The molecule has 25 heavy (non-hydrogen) atoms. The van der Waals surface area contributed by atoms with E-state index in [1.807, 2.05) is 13.0 Å². The number of hydrogen-bond acceptors (Lipinski definition) is 3. The molecule has 0 heterocycles. The van der Waals surface area contributed by atoms with Gasteiger partial charge in [-0.1, -0.05) is 26.5 Å². The van der Waals surface area contributed by atoms with Crippen LogP contribution in [-0.4, -0.2) is 24.8 Å². The minimum absolute atomic E-state index is 0.0564. The first-order valence-electron chi connectivity index (χ1n) is 9.13. The molecule has 0 aromatic heterocycles. The molecule has 0 radical (unpaired) electrons. The Balaban J connectivity index is 1.81. The molecule has 4 heteroatoms. The molecular formula is C21H25FO3. The van der Waals surface area contributed by atoms with E-state index in [4.69, 9.17) is 4.74 Å². The zero-order valence-electron chi connectivity index (χ0n) is 15.1. The fraction of sp³-hybridized carbons (Fsp3) is 0.619. The van der Waals surface area contributed by atoms with Crippen molar-refractivity contribution >= 4 is 11.6 Å². The summed E-state index contributed by atoms with van der Waals surface area (Å²) in [6.07, 6.45) is 4.88. The lowest BCUT2D eigenvalue weighted by molar-refractivity contribution is -0.134. The predicted molar refractivity (Wildman–Crippen MR) is 92.4 cm³/mol. The van der Waals surface area contributed by atoms with Gasteiger partial charge < -0.3 is 4.74 Å². The molecule has 0 aromatic rings. The Bertz CT molecular complexity index is 748. The Morgan fingerprint density at radius 1 is 1.28 bits per heavy atom. The Morgan fingerprint density at radius 2 is 2.00 bits per heavy atom. The Kier molecular flexibility index (Phi) is 3.45. The van der Waals surface area contributed by atoms with Crippen LogP contribution < -0.4 is 0 Å². The number of fused-ring (bicyclic) bond motifs is 5. The second-order valence-electron chi connectivity index (χ2n) is 8.60. The number of ketones is 2. The monoisotopic (exact) mass is 344 g/mol. The van der Waals surface area contributed by atoms with E-state index in [9.17, 15) is 14.0 Å². The van der Waals surface area contributed by atoms with Crippen LogP contribution in [0.5, 0.6) is 0 Å². The van der Waals surface area contributed by atoms with Crippen molar-refractivity contribution in [2.24, 2.45) is 28.6 Å². The summed E-state index contributed by atoms with van der Waals surface area (Å²) >= 11 is 0. The van der Waals surface area contributed by atoms with Crippen LogP contribution in [0.4, 0.5) is 4.39 Å². The van der Waals surface area contributed by atoms with Gasteiger partial charge >= 0.3 is 0 Å². The Morgan fingerprint density at radius 3 is 2.68 bits per heavy atom. The molecule has 3 fully saturated rings. The number of hydrogen-bond donors (Lipinski definition) is 0. The summed E-state index contributed by atoms with van der Waals surface area (Å²) in [5, 5.41) is 0.